The molecule has 0 aliphatic heterocycles. The number of rotatable bonds is 2. The fourth-order valence-electron chi connectivity index (χ4n) is 2.67. The minimum Gasteiger partial charge on any atom is -0.240 e. The van der Waals surface area contributed by atoms with Crippen molar-refractivity contribution < 1.29 is 0 Å². The first-order valence-corrected chi connectivity index (χ1v) is 8.20. The van der Waals surface area contributed by atoms with E-state index in [2.05, 4.69) is 11.1 Å². The van der Waals surface area contributed by atoms with Gasteiger partial charge in [-0.05, 0) is 18.9 Å². The van der Waals surface area contributed by atoms with Gasteiger partial charge < -0.3 is 0 Å². The van der Waals surface area contributed by atoms with Crippen LogP contribution >= 0.6 is 23.4 Å². The van der Waals surface area contributed by atoms with Crippen LogP contribution in [0.1, 0.15) is 37.7 Å². The number of aromatic nitrogens is 1. The van der Waals surface area contributed by atoms with Crippen LogP contribution in [0.15, 0.2) is 29.3 Å². The molecule has 0 unspecified atom stereocenters. The average molecular weight is 303 g/mol. The van der Waals surface area contributed by atoms with Crippen molar-refractivity contribution in [1.29, 1.82) is 5.26 Å². The highest BCUT2D eigenvalue weighted by Crippen LogP contribution is 2.38. The van der Waals surface area contributed by atoms with Gasteiger partial charge in [0.1, 0.15) is 16.7 Å². The Morgan fingerprint density at radius 1 is 1.20 bits per heavy atom. The number of pyridine rings is 1. The number of para-hydroxylation sites is 1. The monoisotopic (exact) mass is 302 g/mol. The standard InChI is InChI=1S/C16H15ClN2S/c17-15-12-8-4-5-9-14(12)19-16(13(15)10-18)20-11-6-2-1-3-7-11/h4-5,8-9,11H,1-3,6-7H2. The normalized spacial score (nSPS) is 16.2. The summed E-state index contributed by atoms with van der Waals surface area (Å²) in [5.41, 5.74) is 1.40. The maximum absolute atomic E-state index is 9.40. The summed E-state index contributed by atoms with van der Waals surface area (Å²) in [6, 6.07) is 9.97. The fourth-order valence-corrected chi connectivity index (χ4v) is 4.32. The number of nitrogens with zero attached hydrogens (tertiary/aromatic N) is 2. The molecule has 0 spiro atoms. The van der Waals surface area contributed by atoms with Gasteiger partial charge in [0.05, 0.1) is 10.5 Å². The van der Waals surface area contributed by atoms with E-state index in [1.54, 1.807) is 11.8 Å². The summed E-state index contributed by atoms with van der Waals surface area (Å²) in [7, 11) is 0. The Morgan fingerprint density at radius 2 is 1.95 bits per heavy atom. The second-order valence-electron chi connectivity index (χ2n) is 5.11. The lowest BCUT2D eigenvalue weighted by Gasteiger charge is -2.21. The summed E-state index contributed by atoms with van der Waals surface area (Å²) in [6.45, 7) is 0. The minimum absolute atomic E-state index is 0.529. The van der Waals surface area contributed by atoms with Gasteiger partial charge in [-0.25, -0.2) is 4.98 Å². The number of hydrogen-bond donors (Lipinski definition) is 0. The molecule has 1 aromatic carbocycles. The molecular formula is C16H15ClN2S. The van der Waals surface area contributed by atoms with E-state index in [1.165, 1.54) is 32.1 Å². The summed E-state index contributed by atoms with van der Waals surface area (Å²) >= 11 is 8.12. The van der Waals surface area contributed by atoms with Gasteiger partial charge in [-0.15, -0.1) is 11.8 Å². The van der Waals surface area contributed by atoms with E-state index in [4.69, 9.17) is 11.6 Å². The van der Waals surface area contributed by atoms with Gasteiger partial charge in [-0.2, -0.15) is 5.26 Å². The maximum atomic E-state index is 9.40. The minimum atomic E-state index is 0.529. The molecule has 0 atom stereocenters. The molecular weight excluding hydrogens is 288 g/mol. The van der Waals surface area contributed by atoms with E-state index in [1.807, 2.05) is 24.3 Å². The van der Waals surface area contributed by atoms with Crippen LogP contribution in [-0.2, 0) is 0 Å². The second kappa shape index (κ2) is 6.03. The Kier molecular flexibility index (Phi) is 4.14. The van der Waals surface area contributed by atoms with Gasteiger partial charge in [-0.1, -0.05) is 49.1 Å². The van der Waals surface area contributed by atoms with E-state index in [-0.39, 0.29) is 0 Å². The second-order valence-corrected chi connectivity index (χ2v) is 6.78. The van der Waals surface area contributed by atoms with E-state index < -0.39 is 0 Å². The highest BCUT2D eigenvalue weighted by molar-refractivity contribution is 7.99. The zero-order valence-corrected chi connectivity index (χ0v) is 12.7. The molecule has 1 aliphatic carbocycles. The average Bonchev–Trinajstić information content (AvgIpc) is 2.49. The zero-order chi connectivity index (χ0) is 13.9. The SMILES string of the molecule is N#Cc1c(SC2CCCCC2)nc2ccccc2c1Cl. The van der Waals surface area contributed by atoms with Crippen molar-refractivity contribution in [1.82, 2.24) is 4.98 Å². The molecule has 20 heavy (non-hydrogen) atoms. The Balaban J connectivity index is 2.03. The molecule has 0 bridgehead atoms. The van der Waals surface area contributed by atoms with Gasteiger partial charge in [0, 0.05) is 10.6 Å². The smallest absolute Gasteiger partial charge is 0.116 e. The predicted molar refractivity (Wildman–Crippen MR) is 84.2 cm³/mol. The largest absolute Gasteiger partial charge is 0.240 e. The highest BCUT2D eigenvalue weighted by atomic mass is 35.5. The summed E-state index contributed by atoms with van der Waals surface area (Å²) in [4.78, 5) is 4.66. The first-order chi connectivity index (χ1) is 9.79. The molecule has 0 saturated heterocycles. The fraction of sp³-hybridized carbons (Fsp3) is 0.375. The van der Waals surface area contributed by atoms with Crippen molar-refractivity contribution >= 4 is 34.3 Å². The predicted octanol–water partition coefficient (Wildman–Crippen LogP) is 5.18. The van der Waals surface area contributed by atoms with Gasteiger partial charge in [-0.3, -0.25) is 0 Å². The molecule has 1 aliphatic rings. The molecule has 1 saturated carbocycles. The molecule has 1 fully saturated rings. The van der Waals surface area contributed by atoms with Crippen LogP contribution in [0, 0.1) is 11.3 Å². The van der Waals surface area contributed by atoms with Crippen LogP contribution in [0.3, 0.4) is 0 Å². The van der Waals surface area contributed by atoms with Crippen LogP contribution in [-0.4, -0.2) is 10.2 Å². The van der Waals surface area contributed by atoms with E-state index in [9.17, 15) is 5.26 Å². The third kappa shape index (κ3) is 2.63. The van der Waals surface area contributed by atoms with E-state index in [0.717, 1.165) is 15.9 Å². The van der Waals surface area contributed by atoms with Gasteiger partial charge in [0.25, 0.3) is 0 Å². The van der Waals surface area contributed by atoms with Crippen LogP contribution in [0.25, 0.3) is 10.9 Å². The third-order valence-electron chi connectivity index (χ3n) is 3.74. The Hall–Kier alpha value is -1.24. The summed E-state index contributed by atoms with van der Waals surface area (Å²) in [6.07, 6.45) is 6.30. The van der Waals surface area contributed by atoms with E-state index in [0.29, 0.717) is 15.8 Å². The molecule has 102 valence electrons. The molecule has 3 rings (SSSR count). The number of halogens is 1. The lowest BCUT2D eigenvalue weighted by atomic mass is 10.0. The first kappa shape index (κ1) is 13.7. The number of benzene rings is 1. The maximum Gasteiger partial charge on any atom is 0.116 e. The van der Waals surface area contributed by atoms with Crippen LogP contribution < -0.4 is 0 Å². The van der Waals surface area contributed by atoms with Crippen molar-refractivity contribution in [3.05, 3.63) is 34.9 Å². The Labute approximate surface area is 128 Å². The molecule has 0 amide bonds. The van der Waals surface area contributed by atoms with Crippen molar-refractivity contribution in [3.8, 4) is 6.07 Å². The number of thioether (sulfide) groups is 1. The number of hydrogen-bond acceptors (Lipinski definition) is 3. The Morgan fingerprint density at radius 3 is 2.70 bits per heavy atom. The zero-order valence-electron chi connectivity index (χ0n) is 11.1. The topological polar surface area (TPSA) is 36.7 Å². The summed E-state index contributed by atoms with van der Waals surface area (Å²) in [5.74, 6) is 0. The van der Waals surface area contributed by atoms with Crippen molar-refractivity contribution in [2.45, 2.75) is 42.4 Å². The van der Waals surface area contributed by atoms with Crippen LogP contribution in [0.4, 0.5) is 0 Å². The van der Waals surface area contributed by atoms with Gasteiger partial charge in [0.15, 0.2) is 0 Å². The van der Waals surface area contributed by atoms with Crippen molar-refractivity contribution in [2.24, 2.45) is 0 Å². The number of nitriles is 1. The lowest BCUT2D eigenvalue weighted by molar-refractivity contribution is 0.516. The highest BCUT2D eigenvalue weighted by Gasteiger charge is 2.20. The van der Waals surface area contributed by atoms with Crippen molar-refractivity contribution in [3.63, 3.8) is 0 Å². The van der Waals surface area contributed by atoms with Crippen molar-refractivity contribution in [2.75, 3.05) is 0 Å². The quantitative estimate of drug-likeness (QED) is 0.766. The number of fused-ring (bicyclic) bond motifs is 1. The van der Waals surface area contributed by atoms with E-state index >= 15 is 0 Å². The Bertz CT molecular complexity index is 672. The molecule has 1 aromatic heterocycles. The van der Waals surface area contributed by atoms with Gasteiger partial charge >= 0.3 is 0 Å². The molecule has 0 N–H and O–H groups in total. The molecule has 0 radical (unpaired) electrons. The van der Waals surface area contributed by atoms with Gasteiger partial charge in [0.2, 0.25) is 0 Å². The lowest BCUT2D eigenvalue weighted by Crippen LogP contribution is -2.08. The molecule has 2 nitrogen and oxygen atoms in total. The molecule has 2 aromatic rings. The third-order valence-corrected chi connectivity index (χ3v) is 5.45. The molecule has 4 heteroatoms. The summed E-state index contributed by atoms with van der Waals surface area (Å²) < 4.78 is 0. The van der Waals surface area contributed by atoms with Crippen LogP contribution in [0.5, 0.6) is 0 Å². The first-order valence-electron chi connectivity index (χ1n) is 6.94. The summed E-state index contributed by atoms with van der Waals surface area (Å²) in [5, 5.41) is 12.2. The van der Waals surface area contributed by atoms with Crippen LogP contribution in [0.2, 0.25) is 5.02 Å². The molecule has 1 heterocycles.